The van der Waals surface area contributed by atoms with Crippen LogP contribution in [0.25, 0.3) is 5.78 Å². The lowest BCUT2D eigenvalue weighted by molar-refractivity contribution is 0.152. The first kappa shape index (κ1) is 12.6. The molecule has 2 atom stereocenters. The molecule has 2 heterocycles. The Kier molecular flexibility index (Phi) is 3.75. The van der Waals surface area contributed by atoms with E-state index in [2.05, 4.69) is 15.3 Å². The Morgan fingerprint density at radius 2 is 2.21 bits per heavy atom. The second-order valence-corrected chi connectivity index (χ2v) is 5.25. The second-order valence-electron chi connectivity index (χ2n) is 5.25. The lowest BCUT2D eigenvalue weighted by atomic mass is 9.85. The molecule has 1 aliphatic rings. The molecule has 0 radical (unpaired) electrons. The number of nitrogens with zero attached hydrogens (tertiary/aromatic N) is 3. The molecule has 0 aliphatic heterocycles. The predicted octanol–water partition coefficient (Wildman–Crippen LogP) is 1.37. The summed E-state index contributed by atoms with van der Waals surface area (Å²) in [6.07, 6.45) is 10.4. The number of hydrogen-bond donors (Lipinski definition) is 2. The van der Waals surface area contributed by atoms with E-state index in [-0.39, 0.29) is 6.61 Å². The maximum atomic E-state index is 9.42. The van der Waals surface area contributed by atoms with Crippen LogP contribution in [0.2, 0.25) is 0 Å². The van der Waals surface area contributed by atoms with Gasteiger partial charge in [0.15, 0.2) is 0 Å². The Morgan fingerprint density at radius 1 is 1.32 bits per heavy atom. The summed E-state index contributed by atoms with van der Waals surface area (Å²) in [5.74, 6) is 1.13. The minimum Gasteiger partial charge on any atom is -0.396 e. The number of imidazole rings is 1. The second kappa shape index (κ2) is 5.67. The standard InChI is InChI=1S/C14H20N4O/c19-10-11-4-1-2-5-13(11)16-8-12-9-17-14-15-6-3-7-18(12)14/h3,6-7,9,11,13,16,19H,1-2,4-5,8,10H2. The third kappa shape index (κ3) is 2.62. The monoisotopic (exact) mass is 260 g/mol. The highest BCUT2D eigenvalue weighted by molar-refractivity contribution is 5.30. The van der Waals surface area contributed by atoms with Gasteiger partial charge in [-0.3, -0.25) is 4.40 Å². The third-order valence-electron chi connectivity index (χ3n) is 4.05. The Hall–Kier alpha value is -1.46. The van der Waals surface area contributed by atoms with E-state index in [1.165, 1.54) is 12.8 Å². The van der Waals surface area contributed by atoms with E-state index in [9.17, 15) is 5.11 Å². The van der Waals surface area contributed by atoms with Crippen molar-refractivity contribution in [3.05, 3.63) is 30.4 Å². The van der Waals surface area contributed by atoms with Crippen LogP contribution >= 0.6 is 0 Å². The molecule has 2 unspecified atom stereocenters. The lowest BCUT2D eigenvalue weighted by Crippen LogP contribution is -2.39. The molecule has 2 aromatic rings. The minimum atomic E-state index is 0.284. The van der Waals surface area contributed by atoms with E-state index in [1.807, 2.05) is 22.9 Å². The molecule has 0 saturated heterocycles. The number of hydrogen-bond acceptors (Lipinski definition) is 4. The maximum absolute atomic E-state index is 9.42. The molecule has 0 amide bonds. The summed E-state index contributed by atoms with van der Waals surface area (Å²) in [5.41, 5.74) is 1.12. The average molecular weight is 260 g/mol. The molecule has 2 aromatic heterocycles. The summed E-state index contributed by atoms with van der Waals surface area (Å²) < 4.78 is 2.00. The van der Waals surface area contributed by atoms with Crippen molar-refractivity contribution in [3.63, 3.8) is 0 Å². The highest BCUT2D eigenvalue weighted by atomic mass is 16.3. The van der Waals surface area contributed by atoms with Crippen molar-refractivity contribution in [1.29, 1.82) is 0 Å². The molecular weight excluding hydrogens is 240 g/mol. The zero-order valence-electron chi connectivity index (χ0n) is 11.0. The summed E-state index contributed by atoms with van der Waals surface area (Å²) in [5, 5.41) is 13.0. The average Bonchev–Trinajstić information content (AvgIpc) is 2.89. The highest BCUT2D eigenvalue weighted by Crippen LogP contribution is 2.24. The normalized spacial score (nSPS) is 23.8. The van der Waals surface area contributed by atoms with Crippen molar-refractivity contribution in [2.75, 3.05) is 6.61 Å². The molecule has 102 valence electrons. The zero-order valence-corrected chi connectivity index (χ0v) is 11.0. The van der Waals surface area contributed by atoms with Crippen LogP contribution in [-0.4, -0.2) is 32.1 Å². The van der Waals surface area contributed by atoms with Gasteiger partial charge >= 0.3 is 0 Å². The summed E-state index contributed by atoms with van der Waals surface area (Å²) in [7, 11) is 0. The number of rotatable bonds is 4. The number of aliphatic hydroxyl groups excluding tert-OH is 1. The molecule has 1 saturated carbocycles. The SMILES string of the molecule is OCC1CCCCC1NCc1cnc2ncccn12. The topological polar surface area (TPSA) is 62.5 Å². The van der Waals surface area contributed by atoms with Crippen molar-refractivity contribution in [3.8, 4) is 0 Å². The fourth-order valence-electron chi connectivity index (χ4n) is 2.94. The van der Waals surface area contributed by atoms with Gasteiger partial charge in [-0.2, -0.15) is 0 Å². The Morgan fingerprint density at radius 3 is 3.11 bits per heavy atom. The molecular formula is C14H20N4O. The number of fused-ring (bicyclic) bond motifs is 1. The van der Waals surface area contributed by atoms with E-state index >= 15 is 0 Å². The van der Waals surface area contributed by atoms with Crippen LogP contribution in [0.3, 0.4) is 0 Å². The molecule has 0 spiro atoms. The van der Waals surface area contributed by atoms with Crippen LogP contribution in [0.15, 0.2) is 24.7 Å². The lowest BCUT2D eigenvalue weighted by Gasteiger charge is -2.30. The van der Waals surface area contributed by atoms with E-state index in [4.69, 9.17) is 0 Å². The number of aromatic nitrogens is 3. The largest absolute Gasteiger partial charge is 0.396 e. The van der Waals surface area contributed by atoms with Crippen LogP contribution in [0.5, 0.6) is 0 Å². The molecule has 1 aliphatic carbocycles. The number of nitrogens with one attached hydrogen (secondary N) is 1. The Labute approximate surface area is 112 Å². The highest BCUT2D eigenvalue weighted by Gasteiger charge is 2.24. The fraction of sp³-hybridized carbons (Fsp3) is 0.571. The molecule has 5 nitrogen and oxygen atoms in total. The summed E-state index contributed by atoms with van der Waals surface area (Å²) in [4.78, 5) is 8.50. The van der Waals surface area contributed by atoms with Gasteiger partial charge < -0.3 is 10.4 Å². The first-order valence-electron chi connectivity index (χ1n) is 6.99. The van der Waals surface area contributed by atoms with Crippen molar-refractivity contribution in [2.45, 2.75) is 38.3 Å². The van der Waals surface area contributed by atoms with Crippen molar-refractivity contribution in [1.82, 2.24) is 19.7 Å². The van der Waals surface area contributed by atoms with Crippen LogP contribution in [-0.2, 0) is 6.54 Å². The van der Waals surface area contributed by atoms with E-state index in [1.54, 1.807) is 6.20 Å². The van der Waals surface area contributed by atoms with Crippen molar-refractivity contribution in [2.24, 2.45) is 5.92 Å². The molecule has 1 fully saturated rings. The molecule has 3 rings (SSSR count). The Bertz CT molecular complexity index is 539. The molecule has 2 N–H and O–H groups in total. The minimum absolute atomic E-state index is 0.284. The van der Waals surface area contributed by atoms with Crippen LogP contribution in [0.1, 0.15) is 31.4 Å². The van der Waals surface area contributed by atoms with E-state index in [0.29, 0.717) is 12.0 Å². The molecule has 19 heavy (non-hydrogen) atoms. The fourth-order valence-corrected chi connectivity index (χ4v) is 2.94. The third-order valence-corrected chi connectivity index (χ3v) is 4.05. The van der Waals surface area contributed by atoms with Crippen molar-refractivity contribution >= 4 is 5.78 Å². The van der Waals surface area contributed by atoms with Crippen LogP contribution in [0.4, 0.5) is 0 Å². The van der Waals surface area contributed by atoms with Gasteiger partial charge in [-0.25, -0.2) is 9.97 Å². The van der Waals surface area contributed by atoms with E-state index in [0.717, 1.165) is 30.9 Å². The quantitative estimate of drug-likeness (QED) is 0.871. The van der Waals surface area contributed by atoms with Crippen LogP contribution < -0.4 is 5.32 Å². The van der Waals surface area contributed by atoms with Gasteiger partial charge in [0.2, 0.25) is 5.78 Å². The van der Waals surface area contributed by atoms with Gasteiger partial charge in [-0.1, -0.05) is 12.8 Å². The van der Waals surface area contributed by atoms with E-state index < -0.39 is 0 Å². The number of aliphatic hydroxyl groups is 1. The van der Waals surface area contributed by atoms with Gasteiger partial charge in [-0.05, 0) is 24.8 Å². The summed E-state index contributed by atoms with van der Waals surface area (Å²) >= 11 is 0. The van der Waals surface area contributed by atoms with Gasteiger partial charge in [0.05, 0.1) is 11.9 Å². The van der Waals surface area contributed by atoms with Crippen molar-refractivity contribution < 1.29 is 5.11 Å². The first-order valence-corrected chi connectivity index (χ1v) is 6.99. The predicted molar refractivity (Wildman–Crippen MR) is 72.7 cm³/mol. The van der Waals surface area contributed by atoms with Gasteiger partial charge in [0.1, 0.15) is 0 Å². The maximum Gasteiger partial charge on any atom is 0.233 e. The van der Waals surface area contributed by atoms with Gasteiger partial charge in [0, 0.05) is 31.6 Å². The summed E-state index contributed by atoms with van der Waals surface area (Å²) in [6, 6.07) is 2.33. The smallest absolute Gasteiger partial charge is 0.233 e. The Balaban J connectivity index is 1.68. The van der Waals surface area contributed by atoms with Gasteiger partial charge in [0.25, 0.3) is 0 Å². The molecule has 0 aromatic carbocycles. The van der Waals surface area contributed by atoms with Gasteiger partial charge in [-0.15, -0.1) is 0 Å². The first-order chi connectivity index (χ1) is 9.38. The molecule has 5 heteroatoms. The summed E-state index contributed by atoms with van der Waals surface area (Å²) in [6.45, 7) is 1.06. The van der Waals surface area contributed by atoms with Crippen LogP contribution in [0, 0.1) is 5.92 Å². The zero-order chi connectivity index (χ0) is 13.1. The molecule has 0 bridgehead atoms.